The first-order valence-corrected chi connectivity index (χ1v) is 9.47. The zero-order chi connectivity index (χ0) is 20.5. The number of carboxylic acid groups (broad SMARTS) is 1. The highest BCUT2D eigenvalue weighted by Crippen LogP contribution is 2.31. The number of carboxylic acids is 1. The monoisotopic (exact) mass is 395 g/mol. The van der Waals surface area contributed by atoms with Gasteiger partial charge in [-0.1, -0.05) is 19.9 Å². The molecule has 0 fully saturated rings. The van der Waals surface area contributed by atoms with Gasteiger partial charge in [0.2, 0.25) is 0 Å². The zero-order valence-electron chi connectivity index (χ0n) is 15.9. The highest BCUT2D eigenvalue weighted by atomic mass is 32.1. The number of nitrogens with zero attached hydrogens (tertiary/aromatic N) is 3. The quantitative estimate of drug-likeness (QED) is 0.666. The molecule has 6 nitrogen and oxygen atoms in total. The number of nitriles is 1. The van der Waals surface area contributed by atoms with Gasteiger partial charge in [0.05, 0.1) is 17.9 Å². The van der Waals surface area contributed by atoms with E-state index in [-0.39, 0.29) is 4.88 Å². The first-order chi connectivity index (χ1) is 13.4. The molecule has 3 rings (SSSR count). The predicted octanol–water partition coefficient (Wildman–Crippen LogP) is 4.80. The first kappa shape index (κ1) is 21.1. The number of aryl methyl sites for hydroxylation is 1. The number of thiazole rings is 1. The molecule has 0 atom stereocenters. The van der Waals surface area contributed by atoms with Gasteiger partial charge in [0.15, 0.2) is 0 Å². The molecule has 0 saturated carbocycles. The molecule has 0 spiro atoms. The third-order valence-electron chi connectivity index (χ3n) is 3.48. The summed E-state index contributed by atoms with van der Waals surface area (Å²) in [6.07, 6.45) is 3.50. The molecule has 0 radical (unpaired) electrons. The zero-order valence-corrected chi connectivity index (χ0v) is 16.7. The average molecular weight is 395 g/mol. The first-order valence-electron chi connectivity index (χ1n) is 8.65. The molecule has 3 aromatic rings. The van der Waals surface area contributed by atoms with Crippen LogP contribution in [0.3, 0.4) is 0 Å². The van der Waals surface area contributed by atoms with Crippen LogP contribution < -0.4 is 4.74 Å². The van der Waals surface area contributed by atoms with E-state index in [1.807, 2.05) is 32.0 Å². The van der Waals surface area contributed by atoms with Gasteiger partial charge in [-0.05, 0) is 43.2 Å². The third-order valence-corrected chi connectivity index (χ3v) is 4.67. The minimum absolute atomic E-state index is 0.216. The van der Waals surface area contributed by atoms with E-state index in [9.17, 15) is 10.1 Å². The van der Waals surface area contributed by atoms with Gasteiger partial charge in [-0.2, -0.15) is 5.26 Å². The predicted molar refractivity (Wildman–Crippen MR) is 109 cm³/mol. The lowest BCUT2D eigenvalue weighted by Crippen LogP contribution is -2.05. The molecule has 0 aliphatic heterocycles. The molecule has 28 heavy (non-hydrogen) atoms. The van der Waals surface area contributed by atoms with Crippen molar-refractivity contribution < 1.29 is 14.6 Å². The van der Waals surface area contributed by atoms with Crippen LogP contribution in [0.2, 0.25) is 0 Å². The second kappa shape index (κ2) is 10.2. The van der Waals surface area contributed by atoms with Gasteiger partial charge < -0.3 is 9.84 Å². The molecule has 1 aromatic carbocycles. The number of aromatic carboxylic acids is 1. The van der Waals surface area contributed by atoms with Crippen LogP contribution in [0.1, 0.15) is 34.8 Å². The Labute approximate surface area is 168 Å². The van der Waals surface area contributed by atoms with E-state index in [0.29, 0.717) is 40.1 Å². The van der Waals surface area contributed by atoms with E-state index in [1.165, 1.54) is 0 Å². The van der Waals surface area contributed by atoms with Crippen LogP contribution in [-0.4, -0.2) is 27.7 Å². The lowest BCUT2D eigenvalue weighted by Gasteiger charge is -2.10. The van der Waals surface area contributed by atoms with Gasteiger partial charge in [0.25, 0.3) is 0 Å². The van der Waals surface area contributed by atoms with Gasteiger partial charge in [-0.3, -0.25) is 4.98 Å². The summed E-state index contributed by atoms with van der Waals surface area (Å²) in [5.74, 6) is -0.0868. The maximum Gasteiger partial charge on any atom is 0.347 e. The molecule has 0 aliphatic carbocycles. The Morgan fingerprint density at radius 3 is 2.46 bits per heavy atom. The van der Waals surface area contributed by atoms with Crippen LogP contribution >= 0.6 is 11.3 Å². The molecule has 0 amide bonds. The Bertz CT molecular complexity index is 936. The number of hydrogen-bond donors (Lipinski definition) is 1. The van der Waals surface area contributed by atoms with Crippen LogP contribution in [-0.2, 0) is 0 Å². The number of carbonyl (C=O) groups is 1. The highest BCUT2D eigenvalue weighted by molar-refractivity contribution is 7.17. The van der Waals surface area contributed by atoms with Gasteiger partial charge in [0, 0.05) is 18.0 Å². The lowest BCUT2D eigenvalue weighted by molar-refractivity contribution is 0.0701. The number of benzene rings is 1. The number of ether oxygens (including phenoxy) is 1. The minimum atomic E-state index is -0.987. The van der Waals surface area contributed by atoms with Crippen LogP contribution in [0.4, 0.5) is 0 Å². The molecule has 0 aliphatic rings. The normalized spacial score (nSPS) is 9.96. The number of rotatable bonds is 5. The van der Waals surface area contributed by atoms with Crippen LogP contribution in [0, 0.1) is 24.2 Å². The molecular weight excluding hydrogens is 374 g/mol. The smallest absolute Gasteiger partial charge is 0.347 e. The summed E-state index contributed by atoms with van der Waals surface area (Å²) >= 11 is 1.10. The Hall–Kier alpha value is -3.24. The summed E-state index contributed by atoms with van der Waals surface area (Å²) in [5.41, 5.74) is 1.61. The standard InChI is InChI=1S/C16H16N2O3S.C5H5N/c1-9(2)8-21-13-5-4-11(6-12(13)7-17)15-18-10(3)14(22-15)16(19)20;1-2-4-6-5-3-1/h4-6,9H,8H2,1-3H3,(H,19,20);1-5H. The van der Waals surface area contributed by atoms with Crippen molar-refractivity contribution in [2.24, 2.45) is 5.92 Å². The van der Waals surface area contributed by atoms with Crippen molar-refractivity contribution in [1.82, 2.24) is 9.97 Å². The Balaban J connectivity index is 0.000000397. The topological polar surface area (TPSA) is 96.1 Å². The van der Waals surface area contributed by atoms with E-state index in [2.05, 4.69) is 16.0 Å². The fraction of sp³-hybridized carbons (Fsp3) is 0.238. The largest absolute Gasteiger partial charge is 0.492 e. The van der Waals surface area contributed by atoms with Crippen molar-refractivity contribution in [2.45, 2.75) is 20.8 Å². The van der Waals surface area contributed by atoms with E-state index >= 15 is 0 Å². The third kappa shape index (κ3) is 5.89. The van der Waals surface area contributed by atoms with Crippen molar-refractivity contribution >= 4 is 17.3 Å². The van der Waals surface area contributed by atoms with Crippen LogP contribution in [0.15, 0.2) is 48.8 Å². The van der Waals surface area contributed by atoms with Crippen molar-refractivity contribution in [3.05, 3.63) is 64.9 Å². The van der Waals surface area contributed by atoms with Gasteiger partial charge in [-0.25, -0.2) is 9.78 Å². The molecule has 7 heteroatoms. The Morgan fingerprint density at radius 2 is 2.00 bits per heavy atom. The summed E-state index contributed by atoms with van der Waals surface area (Å²) in [7, 11) is 0. The van der Waals surface area contributed by atoms with E-state index < -0.39 is 5.97 Å². The summed E-state index contributed by atoms with van der Waals surface area (Å²) in [6, 6.07) is 13.0. The fourth-order valence-electron chi connectivity index (χ4n) is 2.16. The maximum absolute atomic E-state index is 11.1. The van der Waals surface area contributed by atoms with Gasteiger partial charge in [0.1, 0.15) is 21.7 Å². The summed E-state index contributed by atoms with van der Waals surface area (Å²) in [5, 5.41) is 18.9. The molecule has 144 valence electrons. The van der Waals surface area contributed by atoms with Crippen molar-refractivity contribution in [3.63, 3.8) is 0 Å². The van der Waals surface area contributed by atoms with Gasteiger partial charge >= 0.3 is 5.97 Å². The van der Waals surface area contributed by atoms with Crippen LogP contribution in [0.25, 0.3) is 10.6 Å². The molecule has 0 unspecified atom stereocenters. The molecule has 2 heterocycles. The lowest BCUT2D eigenvalue weighted by atomic mass is 10.1. The summed E-state index contributed by atoms with van der Waals surface area (Å²) < 4.78 is 5.61. The number of hydrogen-bond acceptors (Lipinski definition) is 6. The summed E-state index contributed by atoms with van der Waals surface area (Å²) in [4.78, 5) is 19.4. The SMILES string of the molecule is Cc1nc(-c2ccc(OCC(C)C)c(C#N)c2)sc1C(=O)O.c1ccncc1. The summed E-state index contributed by atoms with van der Waals surface area (Å²) in [6.45, 7) is 6.26. The maximum atomic E-state index is 11.1. The molecule has 0 saturated heterocycles. The molecule has 2 aromatic heterocycles. The van der Waals surface area contributed by atoms with Crippen molar-refractivity contribution in [3.8, 4) is 22.4 Å². The number of aromatic nitrogens is 2. The molecule has 0 bridgehead atoms. The van der Waals surface area contributed by atoms with E-state index in [0.717, 1.165) is 11.3 Å². The molecule has 1 N–H and O–H groups in total. The Morgan fingerprint density at radius 1 is 1.29 bits per heavy atom. The minimum Gasteiger partial charge on any atom is -0.492 e. The second-order valence-corrected chi connectivity index (χ2v) is 7.29. The van der Waals surface area contributed by atoms with Crippen molar-refractivity contribution in [2.75, 3.05) is 6.61 Å². The number of pyridine rings is 1. The molecular formula is C21H21N3O3S. The van der Waals surface area contributed by atoms with E-state index in [4.69, 9.17) is 9.84 Å². The fourth-order valence-corrected chi connectivity index (χ4v) is 3.07. The average Bonchev–Trinajstić information content (AvgIpc) is 3.10. The van der Waals surface area contributed by atoms with E-state index in [1.54, 1.807) is 37.5 Å². The Kier molecular flexibility index (Phi) is 7.66. The highest BCUT2D eigenvalue weighted by Gasteiger charge is 2.16. The van der Waals surface area contributed by atoms with Crippen LogP contribution in [0.5, 0.6) is 5.75 Å². The second-order valence-electron chi connectivity index (χ2n) is 6.29. The van der Waals surface area contributed by atoms with Crippen molar-refractivity contribution in [1.29, 1.82) is 5.26 Å². The van der Waals surface area contributed by atoms with Gasteiger partial charge in [-0.15, -0.1) is 11.3 Å².